The maximum atomic E-state index is 13.5. The van der Waals surface area contributed by atoms with Gasteiger partial charge in [-0.25, -0.2) is 11.2 Å². The number of nitrogens with one attached hydrogen (secondary N) is 1. The highest BCUT2D eigenvalue weighted by atomic mass is 127. The number of fused-ring (bicyclic) bond motifs is 1. The number of ether oxygens (including phenoxy) is 3. The number of pyridine rings is 1. The van der Waals surface area contributed by atoms with Crippen LogP contribution in [0, 0.1) is 0 Å². The van der Waals surface area contributed by atoms with Gasteiger partial charge >= 0.3 is 0 Å². The summed E-state index contributed by atoms with van der Waals surface area (Å²) in [6.07, 6.45) is 4.52. The molecule has 2 aliphatic heterocycles. The molecule has 16 heteroatoms. The molecule has 0 bridgehead atoms. The topological polar surface area (TPSA) is 174 Å². The van der Waals surface area contributed by atoms with Crippen molar-refractivity contribution in [2.24, 2.45) is 0 Å². The van der Waals surface area contributed by atoms with E-state index in [0.29, 0.717) is 47.5 Å². The summed E-state index contributed by atoms with van der Waals surface area (Å²) in [7, 11) is 1.53. The summed E-state index contributed by atoms with van der Waals surface area (Å²) in [5, 5.41) is 3.24. The van der Waals surface area contributed by atoms with Gasteiger partial charge in [-0.2, -0.15) is 0 Å². The van der Waals surface area contributed by atoms with Crippen LogP contribution in [0.3, 0.4) is 0 Å². The second-order valence-corrected chi connectivity index (χ2v) is 12.3. The molecule has 3 heterocycles. The molecule has 5 rings (SSSR count). The number of amides is 5. The van der Waals surface area contributed by atoms with Crippen molar-refractivity contribution >= 4 is 104 Å². The first-order valence-electron chi connectivity index (χ1n) is 14.7. The lowest BCUT2D eigenvalue weighted by Crippen LogP contribution is -2.53. The largest absolute Gasteiger partial charge is 0.493 e. The van der Waals surface area contributed by atoms with Gasteiger partial charge in [0.2, 0.25) is 11.7 Å². The Morgan fingerprint density at radius 2 is 1.83 bits per heavy atom. The quantitative estimate of drug-likeness (QED) is 0.0866. The van der Waals surface area contributed by atoms with Gasteiger partial charge in [-0.15, -0.1) is 0 Å². The zero-order valence-electron chi connectivity index (χ0n) is 26.0. The van der Waals surface area contributed by atoms with Crippen molar-refractivity contribution in [2.45, 2.75) is 32.7 Å². The molecule has 2 aromatic carbocycles. The van der Waals surface area contributed by atoms with Gasteiger partial charge in [0.25, 0.3) is 23.6 Å². The number of anilines is 4. The fraction of sp³-hybridized carbons (Fsp3) is 0.250. The van der Waals surface area contributed by atoms with Gasteiger partial charge in [-0.3, -0.25) is 28.9 Å². The van der Waals surface area contributed by atoms with Gasteiger partial charge in [0.1, 0.15) is 11.9 Å². The number of hydrogen-bond donors (Lipinski definition) is 2. The first-order valence-corrected chi connectivity index (χ1v) is 16.7. The third-order valence-corrected chi connectivity index (χ3v) is 9.50. The number of carbonyl (C=O) groups is 5. The van der Waals surface area contributed by atoms with Gasteiger partial charge in [-0.1, -0.05) is 0 Å². The van der Waals surface area contributed by atoms with Crippen LogP contribution in [0.25, 0.3) is 6.08 Å². The summed E-state index contributed by atoms with van der Waals surface area (Å²) in [5.74, 6) is -1.10. The number of hydrogen-bond acceptors (Lipinski definition) is 11. The van der Waals surface area contributed by atoms with E-state index in [0.717, 1.165) is 8.01 Å². The van der Waals surface area contributed by atoms with Crippen LogP contribution in [-0.4, -0.2) is 68.9 Å². The molecular formula is C32H30I2N6O8. The Morgan fingerprint density at radius 3 is 2.54 bits per heavy atom. The summed E-state index contributed by atoms with van der Waals surface area (Å²) in [6, 6.07) is 8.73. The molecule has 1 aromatic heterocycles. The minimum Gasteiger partial charge on any atom is -0.493 e. The van der Waals surface area contributed by atoms with Crippen molar-refractivity contribution in [3.05, 3.63) is 65.4 Å². The summed E-state index contributed by atoms with van der Waals surface area (Å²) < 4.78 is 19.1. The van der Waals surface area contributed by atoms with Crippen LogP contribution in [0.4, 0.5) is 22.9 Å². The van der Waals surface area contributed by atoms with E-state index >= 15 is 0 Å². The lowest BCUT2D eigenvalue weighted by atomic mass is 10.0. The average molecular weight is 880 g/mol. The number of nitrogens with zero attached hydrogens (tertiary/aromatic N) is 4. The van der Waals surface area contributed by atoms with E-state index in [1.807, 2.05) is 13.8 Å². The summed E-state index contributed by atoms with van der Waals surface area (Å²) in [5.41, 5.74) is 7.59. The van der Waals surface area contributed by atoms with Crippen molar-refractivity contribution in [1.29, 1.82) is 0 Å². The average Bonchev–Trinajstić information content (AvgIpc) is 3.33. The number of carbonyl (C=O) groups excluding carboxylic acids is 5. The Kier molecular flexibility index (Phi) is 10.7. The molecule has 1 fully saturated rings. The van der Waals surface area contributed by atoms with Crippen LogP contribution < -0.4 is 28.4 Å². The number of nitrogen functional groups attached to an aromatic ring is 1. The molecular weight excluding hydrogens is 850 g/mol. The summed E-state index contributed by atoms with van der Waals surface area (Å²) in [4.78, 5) is 70.0. The molecule has 2 aliphatic rings. The van der Waals surface area contributed by atoms with Crippen LogP contribution in [0.5, 0.6) is 17.2 Å². The van der Waals surface area contributed by atoms with E-state index in [1.54, 1.807) is 82.3 Å². The SMILES string of the molecule is CCOc1cc(Nc2ncccc2/C=C/C(=O)N(I)c2ccc3c(c2N)C(=O)N(C2CCC(=O)N(I)C2=O)C3=O)cc(OC)c1OCC. The highest BCUT2D eigenvalue weighted by Crippen LogP contribution is 2.42. The fourth-order valence-corrected chi connectivity index (χ4v) is 6.42. The number of halogens is 2. The van der Waals surface area contributed by atoms with Gasteiger partial charge in [0.15, 0.2) is 11.5 Å². The van der Waals surface area contributed by atoms with E-state index in [1.165, 1.54) is 28.4 Å². The highest BCUT2D eigenvalue weighted by Gasteiger charge is 2.48. The zero-order valence-corrected chi connectivity index (χ0v) is 30.3. The lowest BCUT2D eigenvalue weighted by molar-refractivity contribution is -0.142. The number of aromatic nitrogens is 1. The first-order chi connectivity index (χ1) is 23.0. The fourth-order valence-electron chi connectivity index (χ4n) is 5.28. The van der Waals surface area contributed by atoms with Crippen molar-refractivity contribution < 1.29 is 38.2 Å². The predicted octanol–water partition coefficient (Wildman–Crippen LogP) is 5.07. The molecule has 0 aliphatic carbocycles. The van der Waals surface area contributed by atoms with E-state index in [9.17, 15) is 24.0 Å². The number of rotatable bonds is 11. The molecule has 3 N–H and O–H groups in total. The van der Waals surface area contributed by atoms with Gasteiger partial charge in [-0.05, 0) is 50.6 Å². The van der Waals surface area contributed by atoms with Crippen LogP contribution >= 0.6 is 45.7 Å². The van der Waals surface area contributed by atoms with Crippen LogP contribution in [0.1, 0.15) is 53.0 Å². The lowest BCUT2D eigenvalue weighted by Gasteiger charge is -2.31. The monoisotopic (exact) mass is 880 g/mol. The standard InChI is InChI=1S/C32H30I2N6O8/c1-4-47-23-16-18(15-22(46-3)28(23)48-5-2)37-29-17(7-6-14-36-29)8-12-24(41)39(33)20-10-9-19-26(27(20)35)32(45)38(30(19)43)21-11-13-25(42)40(34)31(21)44/h6-10,12,14-16,21H,4-5,11,13,35H2,1-3H3,(H,36,37)/b12-8+. The molecule has 250 valence electrons. The maximum Gasteiger partial charge on any atom is 0.264 e. The third-order valence-electron chi connectivity index (χ3n) is 7.49. The van der Waals surface area contributed by atoms with Crippen molar-refractivity contribution in [1.82, 2.24) is 13.0 Å². The summed E-state index contributed by atoms with van der Waals surface area (Å²) >= 11 is 3.33. The van der Waals surface area contributed by atoms with Gasteiger partial charge in [0, 0.05) is 42.1 Å². The Labute approximate surface area is 303 Å². The van der Waals surface area contributed by atoms with Gasteiger partial charge < -0.3 is 25.3 Å². The van der Waals surface area contributed by atoms with Crippen LogP contribution in [0.2, 0.25) is 0 Å². The molecule has 0 radical (unpaired) electrons. The van der Waals surface area contributed by atoms with Crippen molar-refractivity contribution in [3.8, 4) is 17.2 Å². The Morgan fingerprint density at radius 1 is 1.10 bits per heavy atom. The molecule has 0 saturated carbocycles. The second-order valence-electron chi connectivity index (χ2n) is 10.4. The molecule has 1 atom stereocenters. The van der Waals surface area contributed by atoms with E-state index in [4.69, 9.17) is 19.9 Å². The minimum atomic E-state index is -1.13. The Balaban J connectivity index is 1.37. The predicted molar refractivity (Wildman–Crippen MR) is 194 cm³/mol. The molecule has 1 saturated heterocycles. The first kappa shape index (κ1) is 34.9. The normalized spacial score (nSPS) is 16.0. The van der Waals surface area contributed by atoms with Crippen LogP contribution in [0.15, 0.2) is 48.7 Å². The smallest absolute Gasteiger partial charge is 0.264 e. The number of benzene rings is 2. The molecule has 5 amide bonds. The van der Waals surface area contributed by atoms with E-state index in [2.05, 4.69) is 10.3 Å². The minimum absolute atomic E-state index is 0.00666. The highest BCUT2D eigenvalue weighted by molar-refractivity contribution is 14.1. The third kappa shape index (κ3) is 6.62. The van der Waals surface area contributed by atoms with Crippen LogP contribution in [-0.2, 0) is 14.4 Å². The zero-order chi connectivity index (χ0) is 34.7. The Bertz CT molecular complexity index is 1850. The molecule has 0 spiro atoms. The maximum absolute atomic E-state index is 13.5. The van der Waals surface area contributed by atoms with Crippen molar-refractivity contribution in [2.75, 3.05) is 34.5 Å². The van der Waals surface area contributed by atoms with E-state index < -0.39 is 35.6 Å². The second kappa shape index (κ2) is 14.8. The number of imide groups is 2. The molecule has 1 unspecified atom stereocenters. The van der Waals surface area contributed by atoms with Crippen molar-refractivity contribution in [3.63, 3.8) is 0 Å². The summed E-state index contributed by atoms with van der Waals surface area (Å²) in [6.45, 7) is 4.56. The number of piperidine rings is 1. The van der Waals surface area contributed by atoms with Gasteiger partial charge in [0.05, 0.1) is 88.6 Å². The molecule has 48 heavy (non-hydrogen) atoms. The van der Waals surface area contributed by atoms with E-state index in [-0.39, 0.29) is 35.3 Å². The molecule has 3 aromatic rings. The number of nitrogens with two attached hydrogens (primary N) is 1. The molecule has 14 nitrogen and oxygen atoms in total. The Hall–Kier alpha value is -4.46. The number of methoxy groups -OCH3 is 1.